The minimum atomic E-state index is -0.388. The van der Waals surface area contributed by atoms with Crippen molar-refractivity contribution >= 4 is 29.1 Å². The van der Waals surface area contributed by atoms with Crippen molar-refractivity contribution in [3.63, 3.8) is 0 Å². The van der Waals surface area contributed by atoms with E-state index in [4.69, 9.17) is 11.6 Å². The number of nitrogens with zero attached hydrogens (tertiary/aromatic N) is 1. The van der Waals surface area contributed by atoms with Crippen molar-refractivity contribution in [3.05, 3.63) is 38.9 Å². The Hall–Kier alpha value is -0.780. The van der Waals surface area contributed by atoms with Crippen molar-refractivity contribution in [3.8, 4) is 0 Å². The second-order valence-corrected chi connectivity index (χ2v) is 5.62. The standard InChI is InChI=1S/C13H19ClN2O2S/c1-19-9-4-2-3-8-15-10-11-12(14)6-5-7-13(11)16(17)18/h5-7,15H,2-4,8-10H2,1H3. The van der Waals surface area contributed by atoms with Crippen LogP contribution in [0.25, 0.3) is 0 Å². The van der Waals surface area contributed by atoms with Crippen LogP contribution in [0, 0.1) is 10.1 Å². The molecule has 0 aliphatic carbocycles. The second kappa shape index (κ2) is 9.18. The maximum atomic E-state index is 10.9. The van der Waals surface area contributed by atoms with Gasteiger partial charge in [-0.05, 0) is 37.5 Å². The van der Waals surface area contributed by atoms with E-state index in [1.54, 1.807) is 12.1 Å². The third kappa shape index (κ3) is 5.80. The van der Waals surface area contributed by atoms with Crippen LogP contribution in [0.2, 0.25) is 5.02 Å². The summed E-state index contributed by atoms with van der Waals surface area (Å²) in [4.78, 5) is 10.5. The van der Waals surface area contributed by atoms with Gasteiger partial charge in [-0.15, -0.1) is 0 Å². The Bertz CT molecular complexity index is 416. The fourth-order valence-electron chi connectivity index (χ4n) is 1.78. The maximum absolute atomic E-state index is 10.9. The first-order chi connectivity index (χ1) is 9.16. The predicted molar refractivity (Wildman–Crippen MR) is 82.0 cm³/mol. The van der Waals surface area contributed by atoms with E-state index in [0.29, 0.717) is 17.1 Å². The average molecular weight is 303 g/mol. The Kier molecular flexibility index (Phi) is 7.86. The molecule has 0 aromatic heterocycles. The molecule has 0 radical (unpaired) electrons. The summed E-state index contributed by atoms with van der Waals surface area (Å²) in [6, 6.07) is 4.78. The smallest absolute Gasteiger partial charge is 0.275 e. The highest BCUT2D eigenvalue weighted by atomic mass is 35.5. The minimum absolute atomic E-state index is 0.0855. The van der Waals surface area contributed by atoms with Gasteiger partial charge in [0.25, 0.3) is 5.69 Å². The van der Waals surface area contributed by atoms with Gasteiger partial charge in [-0.3, -0.25) is 10.1 Å². The van der Waals surface area contributed by atoms with E-state index in [1.165, 1.54) is 24.7 Å². The van der Waals surface area contributed by atoms with Gasteiger partial charge in [0.15, 0.2) is 0 Å². The fourth-order valence-corrected chi connectivity index (χ4v) is 2.51. The van der Waals surface area contributed by atoms with E-state index in [0.717, 1.165) is 13.0 Å². The number of nitrogens with one attached hydrogen (secondary N) is 1. The Morgan fingerprint density at radius 1 is 1.37 bits per heavy atom. The van der Waals surface area contributed by atoms with Gasteiger partial charge >= 0.3 is 0 Å². The highest BCUT2D eigenvalue weighted by Crippen LogP contribution is 2.25. The van der Waals surface area contributed by atoms with Gasteiger partial charge in [-0.2, -0.15) is 11.8 Å². The van der Waals surface area contributed by atoms with Crippen molar-refractivity contribution in [1.82, 2.24) is 5.32 Å². The number of rotatable bonds is 9. The topological polar surface area (TPSA) is 55.2 Å². The number of nitro benzene ring substituents is 1. The van der Waals surface area contributed by atoms with Crippen LogP contribution < -0.4 is 5.32 Å². The van der Waals surface area contributed by atoms with Crippen LogP contribution in [-0.4, -0.2) is 23.5 Å². The summed E-state index contributed by atoms with van der Waals surface area (Å²) >= 11 is 7.86. The van der Waals surface area contributed by atoms with E-state index in [2.05, 4.69) is 11.6 Å². The summed E-state index contributed by atoms with van der Waals surface area (Å²) in [5, 5.41) is 14.6. The van der Waals surface area contributed by atoms with Crippen LogP contribution >= 0.6 is 23.4 Å². The Balaban J connectivity index is 2.38. The molecule has 106 valence electrons. The van der Waals surface area contributed by atoms with Crippen LogP contribution in [0.4, 0.5) is 5.69 Å². The van der Waals surface area contributed by atoms with Crippen LogP contribution in [0.5, 0.6) is 0 Å². The number of nitro groups is 1. The first-order valence-corrected chi connectivity index (χ1v) is 8.05. The number of halogens is 1. The van der Waals surface area contributed by atoms with E-state index in [-0.39, 0.29) is 10.6 Å². The third-order valence-corrected chi connectivity index (χ3v) is 3.85. The average Bonchev–Trinajstić information content (AvgIpc) is 2.39. The quantitative estimate of drug-likeness (QED) is 0.427. The van der Waals surface area contributed by atoms with Crippen molar-refractivity contribution < 1.29 is 4.92 Å². The third-order valence-electron chi connectivity index (χ3n) is 2.79. The van der Waals surface area contributed by atoms with Gasteiger partial charge in [-0.1, -0.05) is 24.1 Å². The molecule has 4 nitrogen and oxygen atoms in total. The van der Waals surface area contributed by atoms with Crippen molar-refractivity contribution in [2.24, 2.45) is 0 Å². The van der Waals surface area contributed by atoms with E-state index >= 15 is 0 Å². The largest absolute Gasteiger partial charge is 0.312 e. The van der Waals surface area contributed by atoms with Crippen molar-refractivity contribution in [1.29, 1.82) is 0 Å². The normalized spacial score (nSPS) is 10.6. The minimum Gasteiger partial charge on any atom is -0.312 e. The van der Waals surface area contributed by atoms with Gasteiger partial charge in [0.2, 0.25) is 0 Å². The summed E-state index contributed by atoms with van der Waals surface area (Å²) in [6.45, 7) is 1.30. The van der Waals surface area contributed by atoms with Crippen LogP contribution in [0.3, 0.4) is 0 Å². The molecule has 0 atom stereocenters. The molecule has 1 rings (SSSR count). The van der Waals surface area contributed by atoms with Crippen molar-refractivity contribution in [2.75, 3.05) is 18.6 Å². The van der Waals surface area contributed by atoms with Crippen molar-refractivity contribution in [2.45, 2.75) is 25.8 Å². The zero-order valence-corrected chi connectivity index (χ0v) is 12.6. The summed E-state index contributed by atoms with van der Waals surface area (Å²) in [5.41, 5.74) is 0.653. The van der Waals surface area contributed by atoms with Gasteiger partial charge in [-0.25, -0.2) is 0 Å². The number of thioether (sulfide) groups is 1. The molecule has 0 amide bonds. The Morgan fingerprint density at radius 2 is 2.16 bits per heavy atom. The molecular formula is C13H19ClN2O2S. The molecule has 0 unspecified atom stereocenters. The first-order valence-electron chi connectivity index (χ1n) is 6.28. The molecule has 0 bridgehead atoms. The molecule has 0 fully saturated rings. The predicted octanol–water partition coefficient (Wildman–Crippen LogP) is 3.87. The highest BCUT2D eigenvalue weighted by molar-refractivity contribution is 7.98. The number of unbranched alkanes of at least 4 members (excludes halogenated alkanes) is 2. The van der Waals surface area contributed by atoms with Crippen LogP contribution in [0.1, 0.15) is 24.8 Å². The monoisotopic (exact) mass is 302 g/mol. The molecular weight excluding hydrogens is 284 g/mol. The summed E-state index contributed by atoms with van der Waals surface area (Å²) < 4.78 is 0. The van der Waals surface area contributed by atoms with Crippen LogP contribution in [0.15, 0.2) is 18.2 Å². The maximum Gasteiger partial charge on any atom is 0.275 e. The summed E-state index contributed by atoms with van der Waals surface area (Å²) in [7, 11) is 0. The van der Waals surface area contributed by atoms with E-state index < -0.39 is 0 Å². The number of hydrogen-bond acceptors (Lipinski definition) is 4. The summed E-state index contributed by atoms with van der Waals surface area (Å²) in [6.07, 6.45) is 5.58. The van der Waals surface area contributed by atoms with Gasteiger partial charge in [0, 0.05) is 12.6 Å². The molecule has 0 heterocycles. The Labute approximate surface area is 123 Å². The molecule has 6 heteroatoms. The molecule has 0 saturated heterocycles. The first kappa shape index (κ1) is 16.3. The zero-order chi connectivity index (χ0) is 14.1. The summed E-state index contributed by atoms with van der Waals surface area (Å²) in [5.74, 6) is 1.19. The van der Waals surface area contributed by atoms with Gasteiger partial charge in [0.1, 0.15) is 0 Å². The molecule has 1 aromatic rings. The van der Waals surface area contributed by atoms with Gasteiger partial charge in [0.05, 0.1) is 15.5 Å². The SMILES string of the molecule is CSCCCCCNCc1c(Cl)cccc1[N+](=O)[O-]. The van der Waals surface area contributed by atoms with Gasteiger partial charge < -0.3 is 5.32 Å². The Morgan fingerprint density at radius 3 is 2.84 bits per heavy atom. The lowest BCUT2D eigenvalue weighted by Crippen LogP contribution is -2.16. The lowest BCUT2D eigenvalue weighted by Gasteiger charge is -2.07. The highest BCUT2D eigenvalue weighted by Gasteiger charge is 2.15. The lowest BCUT2D eigenvalue weighted by molar-refractivity contribution is -0.385. The fraction of sp³-hybridized carbons (Fsp3) is 0.538. The molecule has 0 saturated carbocycles. The second-order valence-electron chi connectivity index (χ2n) is 4.22. The molecule has 0 aliphatic heterocycles. The molecule has 19 heavy (non-hydrogen) atoms. The zero-order valence-electron chi connectivity index (χ0n) is 11.0. The van der Waals surface area contributed by atoms with Crippen LogP contribution in [-0.2, 0) is 6.54 Å². The molecule has 0 spiro atoms. The molecule has 1 aromatic carbocycles. The van der Waals surface area contributed by atoms with E-state index in [1.807, 2.05) is 11.8 Å². The van der Waals surface area contributed by atoms with E-state index in [9.17, 15) is 10.1 Å². The number of benzene rings is 1. The molecule has 0 aliphatic rings. The lowest BCUT2D eigenvalue weighted by atomic mass is 10.1. The molecule has 1 N–H and O–H groups in total. The number of hydrogen-bond donors (Lipinski definition) is 1.